The molecule has 0 radical (unpaired) electrons. The van der Waals surface area contributed by atoms with Gasteiger partial charge >= 0.3 is 0 Å². The van der Waals surface area contributed by atoms with Gasteiger partial charge in [-0.05, 0) is 40.5 Å². The van der Waals surface area contributed by atoms with Crippen molar-refractivity contribution >= 4 is 27.5 Å². The summed E-state index contributed by atoms with van der Waals surface area (Å²) in [5.41, 5.74) is 2.03. The maximum absolute atomic E-state index is 12.3. The molecule has 0 fully saturated rings. The zero-order chi connectivity index (χ0) is 17.8. The molecule has 3 rings (SSSR count). The number of nitrogens with one attached hydrogen (secondary N) is 1. The van der Waals surface area contributed by atoms with Crippen LogP contribution in [0.1, 0.15) is 23.0 Å². The van der Waals surface area contributed by atoms with Gasteiger partial charge in [-0.15, -0.1) is 0 Å². The number of aromatic nitrogens is 4. The van der Waals surface area contributed by atoms with Gasteiger partial charge in [0.15, 0.2) is 5.69 Å². The molecule has 0 aliphatic heterocycles. The van der Waals surface area contributed by atoms with Gasteiger partial charge in [-0.1, -0.05) is 12.1 Å². The van der Waals surface area contributed by atoms with Crippen LogP contribution in [0.2, 0.25) is 0 Å². The molecule has 2 aromatic heterocycles. The molecule has 1 amide bonds. The SMILES string of the molecule is CCn1cc(Br)c(C(=O)Nc2cnn(Cc3cccc(OC)c3)c2)n1. The van der Waals surface area contributed by atoms with Gasteiger partial charge in [0.1, 0.15) is 5.75 Å². The third-order valence-electron chi connectivity index (χ3n) is 3.63. The standard InChI is InChI=1S/C17H18BrN5O2/c1-3-22-11-15(18)16(21-22)17(24)20-13-8-19-23(10-13)9-12-5-4-6-14(7-12)25-2/h4-8,10-11H,3,9H2,1-2H3,(H,20,24). The van der Waals surface area contributed by atoms with Crippen LogP contribution >= 0.6 is 15.9 Å². The van der Waals surface area contributed by atoms with Crippen molar-refractivity contribution in [1.29, 1.82) is 0 Å². The smallest absolute Gasteiger partial charge is 0.277 e. The van der Waals surface area contributed by atoms with Gasteiger partial charge < -0.3 is 10.1 Å². The van der Waals surface area contributed by atoms with E-state index in [-0.39, 0.29) is 5.91 Å². The predicted molar refractivity (Wildman–Crippen MR) is 97.9 cm³/mol. The monoisotopic (exact) mass is 403 g/mol. The summed E-state index contributed by atoms with van der Waals surface area (Å²) < 4.78 is 9.34. The molecule has 2 heterocycles. The maximum Gasteiger partial charge on any atom is 0.277 e. The van der Waals surface area contributed by atoms with Crippen LogP contribution in [0.15, 0.2) is 47.3 Å². The van der Waals surface area contributed by atoms with E-state index in [9.17, 15) is 4.79 Å². The number of hydrogen-bond donors (Lipinski definition) is 1. The Balaban J connectivity index is 1.68. The first-order valence-electron chi connectivity index (χ1n) is 7.78. The Morgan fingerprint density at radius 3 is 2.88 bits per heavy atom. The number of hydrogen-bond acceptors (Lipinski definition) is 4. The molecule has 0 unspecified atom stereocenters. The number of benzene rings is 1. The molecule has 0 aliphatic rings. The lowest BCUT2D eigenvalue weighted by Gasteiger charge is -2.04. The van der Waals surface area contributed by atoms with E-state index in [1.54, 1.807) is 35.1 Å². The summed E-state index contributed by atoms with van der Waals surface area (Å²) in [7, 11) is 1.64. The minimum Gasteiger partial charge on any atom is -0.497 e. The Morgan fingerprint density at radius 2 is 2.16 bits per heavy atom. The Labute approximate surface area is 153 Å². The number of amides is 1. The van der Waals surface area contributed by atoms with E-state index in [1.807, 2.05) is 31.2 Å². The van der Waals surface area contributed by atoms with Gasteiger partial charge in [0.2, 0.25) is 0 Å². The highest BCUT2D eigenvalue weighted by Gasteiger charge is 2.15. The Morgan fingerprint density at radius 1 is 1.32 bits per heavy atom. The number of ether oxygens (including phenoxy) is 1. The topological polar surface area (TPSA) is 74.0 Å². The molecule has 0 bridgehead atoms. The summed E-state index contributed by atoms with van der Waals surface area (Å²) >= 11 is 3.36. The molecule has 0 saturated carbocycles. The second kappa shape index (κ2) is 7.52. The molecule has 8 heteroatoms. The third-order valence-corrected chi connectivity index (χ3v) is 4.21. The first-order chi connectivity index (χ1) is 12.1. The van der Waals surface area contributed by atoms with Crippen LogP contribution in [-0.4, -0.2) is 32.6 Å². The molecule has 0 spiro atoms. The van der Waals surface area contributed by atoms with Gasteiger partial charge in [0, 0.05) is 18.9 Å². The van der Waals surface area contributed by atoms with Gasteiger partial charge in [0.05, 0.1) is 30.0 Å². The van der Waals surface area contributed by atoms with Crippen molar-refractivity contribution in [1.82, 2.24) is 19.6 Å². The minimum absolute atomic E-state index is 0.278. The van der Waals surface area contributed by atoms with Crippen LogP contribution < -0.4 is 10.1 Å². The Bertz CT molecular complexity index is 887. The Kier molecular flexibility index (Phi) is 5.18. The van der Waals surface area contributed by atoms with Crippen LogP contribution in [0.5, 0.6) is 5.75 Å². The van der Waals surface area contributed by atoms with Gasteiger partial charge in [-0.25, -0.2) is 0 Å². The van der Waals surface area contributed by atoms with E-state index < -0.39 is 0 Å². The lowest BCUT2D eigenvalue weighted by atomic mass is 10.2. The van der Waals surface area contributed by atoms with Crippen molar-refractivity contribution < 1.29 is 9.53 Å². The number of halogens is 1. The third kappa shape index (κ3) is 4.08. The van der Waals surface area contributed by atoms with Crippen LogP contribution in [0.25, 0.3) is 0 Å². The molecule has 130 valence electrons. The first kappa shape index (κ1) is 17.2. The lowest BCUT2D eigenvalue weighted by molar-refractivity contribution is 0.102. The maximum atomic E-state index is 12.3. The van der Waals surface area contributed by atoms with Crippen molar-refractivity contribution in [2.45, 2.75) is 20.0 Å². The van der Waals surface area contributed by atoms with Crippen molar-refractivity contribution in [2.75, 3.05) is 12.4 Å². The summed E-state index contributed by atoms with van der Waals surface area (Å²) in [4.78, 5) is 12.3. The fourth-order valence-corrected chi connectivity index (χ4v) is 2.87. The highest BCUT2D eigenvalue weighted by atomic mass is 79.9. The molecule has 1 N–H and O–H groups in total. The summed E-state index contributed by atoms with van der Waals surface area (Å²) in [6.07, 6.45) is 5.17. The Hall–Kier alpha value is -2.61. The fraction of sp³-hybridized carbons (Fsp3) is 0.235. The molecular formula is C17H18BrN5O2. The van der Waals surface area contributed by atoms with Crippen molar-refractivity contribution in [3.8, 4) is 5.75 Å². The van der Waals surface area contributed by atoms with E-state index in [4.69, 9.17) is 4.74 Å². The van der Waals surface area contributed by atoms with Crippen molar-refractivity contribution in [2.24, 2.45) is 0 Å². The largest absolute Gasteiger partial charge is 0.497 e. The summed E-state index contributed by atoms with van der Waals surface area (Å²) in [5, 5.41) is 11.3. The molecule has 0 atom stereocenters. The number of aryl methyl sites for hydroxylation is 1. The normalized spacial score (nSPS) is 10.7. The second-order valence-electron chi connectivity index (χ2n) is 5.41. The molecule has 0 saturated heterocycles. The van der Waals surface area contributed by atoms with E-state index in [0.29, 0.717) is 28.9 Å². The molecule has 3 aromatic rings. The van der Waals surface area contributed by atoms with E-state index in [1.165, 1.54) is 0 Å². The molecule has 0 aliphatic carbocycles. The molecule has 7 nitrogen and oxygen atoms in total. The van der Waals surface area contributed by atoms with E-state index in [0.717, 1.165) is 11.3 Å². The van der Waals surface area contributed by atoms with Crippen molar-refractivity contribution in [3.63, 3.8) is 0 Å². The first-order valence-corrected chi connectivity index (χ1v) is 8.58. The lowest BCUT2D eigenvalue weighted by Crippen LogP contribution is -2.13. The average molecular weight is 404 g/mol. The number of anilines is 1. The van der Waals surface area contributed by atoms with Crippen LogP contribution in [0, 0.1) is 0 Å². The summed E-state index contributed by atoms with van der Waals surface area (Å²) in [5.74, 6) is 0.523. The highest BCUT2D eigenvalue weighted by molar-refractivity contribution is 9.10. The van der Waals surface area contributed by atoms with E-state index >= 15 is 0 Å². The molecule has 25 heavy (non-hydrogen) atoms. The number of methoxy groups -OCH3 is 1. The number of rotatable bonds is 6. The fourth-order valence-electron chi connectivity index (χ4n) is 2.38. The zero-order valence-electron chi connectivity index (χ0n) is 13.9. The van der Waals surface area contributed by atoms with Crippen LogP contribution in [0.3, 0.4) is 0 Å². The van der Waals surface area contributed by atoms with Gasteiger partial charge in [0.25, 0.3) is 5.91 Å². The number of carbonyl (C=O) groups is 1. The zero-order valence-corrected chi connectivity index (χ0v) is 15.5. The molecule has 1 aromatic carbocycles. The predicted octanol–water partition coefficient (Wildman–Crippen LogP) is 3.17. The summed E-state index contributed by atoms with van der Waals surface area (Å²) in [6, 6.07) is 7.78. The summed E-state index contributed by atoms with van der Waals surface area (Å²) in [6.45, 7) is 3.25. The van der Waals surface area contributed by atoms with Gasteiger partial charge in [-0.2, -0.15) is 10.2 Å². The van der Waals surface area contributed by atoms with Gasteiger partial charge in [-0.3, -0.25) is 14.2 Å². The van der Waals surface area contributed by atoms with E-state index in [2.05, 4.69) is 31.4 Å². The average Bonchev–Trinajstić information content (AvgIpc) is 3.21. The van der Waals surface area contributed by atoms with Crippen LogP contribution in [-0.2, 0) is 13.1 Å². The minimum atomic E-state index is -0.278. The number of nitrogens with zero attached hydrogens (tertiary/aromatic N) is 4. The second-order valence-corrected chi connectivity index (χ2v) is 6.27. The number of carbonyl (C=O) groups excluding carboxylic acids is 1. The quantitative estimate of drug-likeness (QED) is 0.685. The highest BCUT2D eigenvalue weighted by Crippen LogP contribution is 2.18. The van der Waals surface area contributed by atoms with Crippen molar-refractivity contribution in [3.05, 3.63) is 58.6 Å². The molecular weight excluding hydrogens is 386 g/mol. The van der Waals surface area contributed by atoms with Crippen LogP contribution in [0.4, 0.5) is 5.69 Å².